The van der Waals surface area contributed by atoms with Crippen molar-refractivity contribution in [2.24, 2.45) is 0 Å². The molecule has 7 nitrogen and oxygen atoms in total. The summed E-state index contributed by atoms with van der Waals surface area (Å²) in [5.74, 6) is -0.724. The number of nitrogens with one attached hydrogen (secondary N) is 1. The Balaban J connectivity index is 1.88. The minimum absolute atomic E-state index is 0.0357. The van der Waals surface area contributed by atoms with Crippen LogP contribution in [0.15, 0.2) is 54.6 Å². The number of carbonyl (C=O) groups is 2. The summed E-state index contributed by atoms with van der Waals surface area (Å²) in [6, 6.07) is 13.2. The molecule has 7 heteroatoms. The summed E-state index contributed by atoms with van der Waals surface area (Å²) >= 11 is 0. The Hall–Kier alpha value is -3.48. The molecule has 146 valence electrons. The molecular formula is C21H22N2O5. The first kappa shape index (κ1) is 20.8. The molecule has 28 heavy (non-hydrogen) atoms. The van der Waals surface area contributed by atoms with E-state index in [1.807, 2.05) is 12.1 Å². The van der Waals surface area contributed by atoms with Gasteiger partial charge in [0.2, 0.25) is 0 Å². The number of carbonyl (C=O) groups excluding carboxylic acids is 2. The third-order valence-corrected chi connectivity index (χ3v) is 4.02. The second-order valence-corrected chi connectivity index (χ2v) is 6.53. The van der Waals surface area contributed by atoms with Crippen LogP contribution in [-0.2, 0) is 14.3 Å². The van der Waals surface area contributed by atoms with Gasteiger partial charge in [-0.3, -0.25) is 14.9 Å². The van der Waals surface area contributed by atoms with Gasteiger partial charge in [0.05, 0.1) is 4.92 Å². The van der Waals surface area contributed by atoms with Crippen molar-refractivity contribution in [3.05, 3.63) is 75.8 Å². The molecular weight excluding hydrogens is 360 g/mol. The van der Waals surface area contributed by atoms with Gasteiger partial charge in [0.25, 0.3) is 11.6 Å². The number of benzene rings is 2. The van der Waals surface area contributed by atoms with E-state index in [0.717, 1.165) is 5.56 Å². The average molecular weight is 382 g/mol. The molecule has 0 bridgehead atoms. The van der Waals surface area contributed by atoms with Crippen LogP contribution in [0.1, 0.15) is 37.8 Å². The predicted octanol–water partition coefficient (Wildman–Crippen LogP) is 4.30. The molecule has 0 heterocycles. The number of ether oxygens (including phenoxy) is 1. The first-order valence-electron chi connectivity index (χ1n) is 8.80. The molecule has 2 aromatic rings. The standard InChI is InChI=1S/C21H22N2O5/c1-14(2)17-7-9-18(10-8-17)22-21(25)15(3)28-20(24)13-6-16-4-11-19(12-5-16)23(26)27/h4-15H,1-3H3,(H,22,25)/b13-6+/t15-/m1/s1. The number of anilines is 1. The molecule has 2 rings (SSSR count). The Morgan fingerprint density at radius 3 is 2.18 bits per heavy atom. The van der Waals surface area contributed by atoms with Crippen LogP contribution in [0.2, 0.25) is 0 Å². The summed E-state index contributed by atoms with van der Waals surface area (Å²) in [6.45, 7) is 5.65. The van der Waals surface area contributed by atoms with Crippen LogP contribution >= 0.6 is 0 Å². The lowest BCUT2D eigenvalue weighted by Gasteiger charge is -2.13. The van der Waals surface area contributed by atoms with Gasteiger partial charge in [-0.2, -0.15) is 0 Å². The zero-order chi connectivity index (χ0) is 20.7. The van der Waals surface area contributed by atoms with Crippen molar-refractivity contribution < 1.29 is 19.2 Å². The number of amides is 1. The van der Waals surface area contributed by atoms with Crippen molar-refractivity contribution in [2.75, 3.05) is 5.32 Å². The van der Waals surface area contributed by atoms with Gasteiger partial charge in [-0.05, 0) is 54.3 Å². The van der Waals surface area contributed by atoms with E-state index >= 15 is 0 Å². The van der Waals surface area contributed by atoms with Crippen LogP contribution in [0.3, 0.4) is 0 Å². The lowest BCUT2D eigenvalue weighted by molar-refractivity contribution is -0.384. The minimum Gasteiger partial charge on any atom is -0.449 e. The number of nitro benzene ring substituents is 1. The highest BCUT2D eigenvalue weighted by atomic mass is 16.6. The maximum atomic E-state index is 12.2. The summed E-state index contributed by atoms with van der Waals surface area (Å²) in [5.41, 5.74) is 2.35. The quantitative estimate of drug-likeness (QED) is 0.333. The number of esters is 1. The summed E-state index contributed by atoms with van der Waals surface area (Å²) in [7, 11) is 0. The minimum atomic E-state index is -0.973. The van der Waals surface area contributed by atoms with Gasteiger partial charge in [-0.25, -0.2) is 4.79 Å². The largest absolute Gasteiger partial charge is 0.449 e. The van der Waals surface area contributed by atoms with Crippen LogP contribution in [0.4, 0.5) is 11.4 Å². The van der Waals surface area contributed by atoms with Gasteiger partial charge < -0.3 is 10.1 Å². The van der Waals surface area contributed by atoms with E-state index in [1.165, 1.54) is 43.3 Å². The van der Waals surface area contributed by atoms with Gasteiger partial charge in [0, 0.05) is 23.9 Å². The van der Waals surface area contributed by atoms with Crippen LogP contribution in [-0.4, -0.2) is 22.9 Å². The summed E-state index contributed by atoms with van der Waals surface area (Å²) in [5, 5.41) is 13.3. The SMILES string of the molecule is CC(C)c1ccc(NC(=O)[C@@H](C)OC(=O)/C=C/c2ccc([N+](=O)[O-])cc2)cc1. The van der Waals surface area contributed by atoms with E-state index in [-0.39, 0.29) is 5.69 Å². The van der Waals surface area contributed by atoms with E-state index in [0.29, 0.717) is 17.2 Å². The number of nitrogens with zero attached hydrogens (tertiary/aromatic N) is 1. The molecule has 0 fully saturated rings. The number of hydrogen-bond donors (Lipinski definition) is 1. The fourth-order valence-electron chi connectivity index (χ4n) is 2.33. The summed E-state index contributed by atoms with van der Waals surface area (Å²) in [4.78, 5) is 34.2. The monoisotopic (exact) mass is 382 g/mol. The highest BCUT2D eigenvalue weighted by Crippen LogP contribution is 2.17. The predicted molar refractivity (Wildman–Crippen MR) is 107 cm³/mol. The lowest BCUT2D eigenvalue weighted by atomic mass is 10.0. The molecule has 0 spiro atoms. The Morgan fingerprint density at radius 1 is 1.04 bits per heavy atom. The lowest BCUT2D eigenvalue weighted by Crippen LogP contribution is -2.29. The second-order valence-electron chi connectivity index (χ2n) is 6.53. The summed E-state index contributed by atoms with van der Waals surface area (Å²) in [6.07, 6.45) is 1.66. The fraction of sp³-hybridized carbons (Fsp3) is 0.238. The van der Waals surface area contributed by atoms with Crippen molar-refractivity contribution in [1.29, 1.82) is 0 Å². The van der Waals surface area contributed by atoms with Gasteiger partial charge in [-0.15, -0.1) is 0 Å². The number of hydrogen-bond acceptors (Lipinski definition) is 5. The van der Waals surface area contributed by atoms with Crippen LogP contribution in [0.25, 0.3) is 6.08 Å². The molecule has 2 aromatic carbocycles. The fourth-order valence-corrected chi connectivity index (χ4v) is 2.33. The summed E-state index contributed by atoms with van der Waals surface area (Å²) < 4.78 is 5.08. The van der Waals surface area contributed by atoms with Crippen molar-refractivity contribution in [2.45, 2.75) is 32.8 Å². The van der Waals surface area contributed by atoms with E-state index in [2.05, 4.69) is 19.2 Å². The first-order chi connectivity index (χ1) is 13.3. The Labute approximate surface area is 163 Å². The molecule has 0 saturated carbocycles. The van der Waals surface area contributed by atoms with Crippen LogP contribution < -0.4 is 5.32 Å². The average Bonchev–Trinajstić information content (AvgIpc) is 2.67. The number of non-ortho nitro benzene ring substituents is 1. The molecule has 1 N–H and O–H groups in total. The third kappa shape index (κ3) is 6.05. The van der Waals surface area contributed by atoms with Crippen molar-refractivity contribution in [3.8, 4) is 0 Å². The first-order valence-corrected chi connectivity index (χ1v) is 8.80. The molecule has 1 atom stereocenters. The zero-order valence-corrected chi connectivity index (χ0v) is 15.9. The van der Waals surface area contributed by atoms with Gasteiger partial charge >= 0.3 is 5.97 Å². The second kappa shape index (κ2) is 9.45. The van der Waals surface area contributed by atoms with Crippen molar-refractivity contribution >= 4 is 29.3 Å². The maximum Gasteiger partial charge on any atom is 0.331 e. The molecule has 0 unspecified atom stereocenters. The van der Waals surface area contributed by atoms with E-state index in [4.69, 9.17) is 4.74 Å². The zero-order valence-electron chi connectivity index (χ0n) is 15.9. The molecule has 0 aliphatic carbocycles. The van der Waals surface area contributed by atoms with E-state index < -0.39 is 22.9 Å². The van der Waals surface area contributed by atoms with Crippen LogP contribution in [0.5, 0.6) is 0 Å². The van der Waals surface area contributed by atoms with Gasteiger partial charge in [-0.1, -0.05) is 26.0 Å². The Bertz CT molecular complexity index is 871. The molecule has 0 radical (unpaired) electrons. The topological polar surface area (TPSA) is 98.5 Å². The van der Waals surface area contributed by atoms with Gasteiger partial charge in [0.15, 0.2) is 6.10 Å². The molecule has 0 aromatic heterocycles. The Morgan fingerprint density at radius 2 is 1.64 bits per heavy atom. The Kier molecular flexibility index (Phi) is 7.03. The maximum absolute atomic E-state index is 12.2. The van der Waals surface area contributed by atoms with Crippen molar-refractivity contribution in [1.82, 2.24) is 0 Å². The smallest absolute Gasteiger partial charge is 0.331 e. The number of nitro groups is 1. The highest BCUT2D eigenvalue weighted by molar-refractivity contribution is 5.96. The third-order valence-electron chi connectivity index (χ3n) is 4.02. The van der Waals surface area contributed by atoms with E-state index in [9.17, 15) is 19.7 Å². The molecule has 0 saturated heterocycles. The normalized spacial score (nSPS) is 12.0. The molecule has 1 amide bonds. The molecule has 0 aliphatic rings. The molecule has 0 aliphatic heterocycles. The van der Waals surface area contributed by atoms with E-state index in [1.54, 1.807) is 12.1 Å². The van der Waals surface area contributed by atoms with Crippen molar-refractivity contribution in [3.63, 3.8) is 0 Å². The highest BCUT2D eigenvalue weighted by Gasteiger charge is 2.16. The number of rotatable bonds is 7. The van der Waals surface area contributed by atoms with Gasteiger partial charge in [0.1, 0.15) is 0 Å². The van der Waals surface area contributed by atoms with Crippen LogP contribution in [0, 0.1) is 10.1 Å².